The molecule has 0 fully saturated rings. The summed E-state index contributed by atoms with van der Waals surface area (Å²) in [4.78, 5) is 23.2. The van der Waals surface area contributed by atoms with Gasteiger partial charge in [-0.05, 0) is 61.2 Å². The molecule has 0 bridgehead atoms. The molecule has 0 radical (unpaired) electrons. The van der Waals surface area contributed by atoms with Crippen LogP contribution in [0.2, 0.25) is 0 Å². The first kappa shape index (κ1) is 22.0. The molecule has 6 N–H and O–H groups in total. The molecule has 0 saturated carbocycles. The number of amides is 3. The quantitative estimate of drug-likeness (QED) is 0.323. The van der Waals surface area contributed by atoms with Crippen molar-refractivity contribution in [3.05, 3.63) is 29.8 Å². The molecule has 0 aliphatic heterocycles. The number of rotatable bonds is 9. The minimum Gasteiger partial charge on any atom is -0.352 e. The summed E-state index contributed by atoms with van der Waals surface area (Å²) in [6, 6.07) is 6.53. The van der Waals surface area contributed by atoms with Gasteiger partial charge in [0.1, 0.15) is 6.04 Å². The van der Waals surface area contributed by atoms with Gasteiger partial charge in [0.15, 0.2) is 5.11 Å². The van der Waals surface area contributed by atoms with E-state index in [0.29, 0.717) is 12.2 Å². The van der Waals surface area contributed by atoms with Crippen molar-refractivity contribution in [2.45, 2.75) is 38.6 Å². The van der Waals surface area contributed by atoms with E-state index in [9.17, 15) is 9.59 Å². The number of primary amides is 1. The van der Waals surface area contributed by atoms with Crippen LogP contribution < -0.4 is 27.2 Å². The zero-order valence-electron chi connectivity index (χ0n) is 15.1. The number of aryl methyl sites for hydroxylation is 1. The van der Waals surface area contributed by atoms with E-state index in [0.717, 1.165) is 24.9 Å². The van der Waals surface area contributed by atoms with Crippen LogP contribution in [0.3, 0.4) is 0 Å². The van der Waals surface area contributed by atoms with Crippen molar-refractivity contribution in [2.75, 3.05) is 17.3 Å². The minimum absolute atomic E-state index is 0.252. The Morgan fingerprint density at radius 3 is 2.50 bits per heavy atom. The average Bonchev–Trinajstić information content (AvgIpc) is 2.62. The molecule has 0 aliphatic carbocycles. The zero-order chi connectivity index (χ0) is 19.4. The highest BCUT2D eigenvalue weighted by Gasteiger charge is 2.19. The smallest absolute Gasteiger partial charge is 0.312 e. The second-order valence-electron chi connectivity index (χ2n) is 5.71. The molecule has 0 heterocycles. The highest BCUT2D eigenvalue weighted by atomic mass is 32.2. The Morgan fingerprint density at radius 1 is 1.23 bits per heavy atom. The molecule has 7 nitrogen and oxygen atoms in total. The minimum atomic E-state index is -0.741. The van der Waals surface area contributed by atoms with Crippen molar-refractivity contribution in [3.8, 4) is 0 Å². The first-order valence-corrected chi connectivity index (χ1v) is 10.3. The molecule has 0 aromatic heterocycles. The Balaban J connectivity index is 2.46. The number of benzene rings is 1. The summed E-state index contributed by atoms with van der Waals surface area (Å²) >= 11 is 6.74. The topological polar surface area (TPSA) is 108 Å². The number of unbranched alkanes of at least 4 members (excludes halogenated alkanes) is 1. The molecule has 0 aliphatic rings. The standard InChI is InChI=1S/C17H27N5O2S2/c1-3-4-5-12-6-8-13(9-7-12)19-17(25)22-21-15(23)14(10-11-26-2)20-16(18)24/h6-9,14H,3-5,10-11H2,1-2H3,(H,21,23)(H3,18,20,24)(H2,19,22,25)/t14-/m0/s1. The van der Waals surface area contributed by atoms with Crippen LogP contribution in [0.5, 0.6) is 0 Å². The first-order chi connectivity index (χ1) is 12.5. The summed E-state index contributed by atoms with van der Waals surface area (Å²) in [5.74, 6) is 0.308. The van der Waals surface area contributed by atoms with E-state index < -0.39 is 18.0 Å². The van der Waals surface area contributed by atoms with Crippen LogP contribution in [-0.4, -0.2) is 35.1 Å². The molecule has 26 heavy (non-hydrogen) atoms. The average molecular weight is 398 g/mol. The number of urea groups is 1. The van der Waals surface area contributed by atoms with Gasteiger partial charge in [-0.1, -0.05) is 25.5 Å². The third-order valence-electron chi connectivity index (χ3n) is 3.57. The fourth-order valence-electron chi connectivity index (χ4n) is 2.18. The second kappa shape index (κ2) is 12.4. The van der Waals surface area contributed by atoms with E-state index in [1.54, 1.807) is 11.8 Å². The molecule has 1 aromatic carbocycles. The summed E-state index contributed by atoms with van der Waals surface area (Å²) in [6.07, 6.45) is 5.77. The van der Waals surface area contributed by atoms with E-state index in [2.05, 4.69) is 40.5 Å². The number of carbonyl (C=O) groups is 2. The lowest BCUT2D eigenvalue weighted by atomic mass is 10.1. The van der Waals surface area contributed by atoms with Crippen LogP contribution in [0.4, 0.5) is 10.5 Å². The van der Waals surface area contributed by atoms with Gasteiger partial charge in [0, 0.05) is 5.69 Å². The predicted molar refractivity (Wildman–Crippen MR) is 112 cm³/mol. The Bertz CT molecular complexity index is 595. The maximum Gasteiger partial charge on any atom is 0.312 e. The van der Waals surface area contributed by atoms with E-state index in [4.69, 9.17) is 18.0 Å². The molecule has 1 atom stereocenters. The van der Waals surface area contributed by atoms with Gasteiger partial charge >= 0.3 is 6.03 Å². The number of thioether (sulfide) groups is 1. The number of anilines is 1. The Kier molecular flexibility index (Phi) is 10.5. The van der Waals surface area contributed by atoms with E-state index in [-0.39, 0.29) is 5.11 Å². The van der Waals surface area contributed by atoms with Crippen LogP contribution in [0.15, 0.2) is 24.3 Å². The maximum absolute atomic E-state index is 12.1. The van der Waals surface area contributed by atoms with Crippen molar-refractivity contribution in [1.82, 2.24) is 16.2 Å². The monoisotopic (exact) mass is 397 g/mol. The molecule has 144 valence electrons. The summed E-state index contributed by atoms with van der Waals surface area (Å²) in [6.45, 7) is 2.17. The van der Waals surface area contributed by atoms with Crippen molar-refractivity contribution >= 4 is 46.7 Å². The van der Waals surface area contributed by atoms with Gasteiger partial charge in [0.2, 0.25) is 0 Å². The van der Waals surface area contributed by atoms with Crippen LogP contribution in [0, 0.1) is 0 Å². The number of nitrogens with one attached hydrogen (secondary N) is 4. The molecule has 0 saturated heterocycles. The van der Waals surface area contributed by atoms with Crippen molar-refractivity contribution in [2.24, 2.45) is 5.73 Å². The highest BCUT2D eigenvalue weighted by Crippen LogP contribution is 2.11. The fraction of sp³-hybridized carbons (Fsp3) is 0.471. The van der Waals surface area contributed by atoms with Crippen LogP contribution >= 0.6 is 24.0 Å². The number of hydrazine groups is 1. The van der Waals surface area contributed by atoms with Crippen LogP contribution in [-0.2, 0) is 11.2 Å². The molecular weight excluding hydrogens is 370 g/mol. The van der Waals surface area contributed by atoms with Gasteiger partial charge in [-0.3, -0.25) is 15.6 Å². The second-order valence-corrected chi connectivity index (χ2v) is 7.11. The summed E-state index contributed by atoms with van der Waals surface area (Å²) in [5.41, 5.74) is 12.3. The van der Waals surface area contributed by atoms with Crippen LogP contribution in [0.1, 0.15) is 31.7 Å². The third-order valence-corrected chi connectivity index (χ3v) is 4.42. The molecule has 0 spiro atoms. The first-order valence-electron chi connectivity index (χ1n) is 8.47. The predicted octanol–water partition coefficient (Wildman–Crippen LogP) is 2.14. The molecule has 9 heteroatoms. The van der Waals surface area contributed by atoms with Gasteiger partial charge < -0.3 is 16.4 Å². The molecule has 0 unspecified atom stereocenters. The largest absolute Gasteiger partial charge is 0.352 e. The van der Waals surface area contributed by atoms with Gasteiger partial charge in [0.05, 0.1) is 0 Å². The highest BCUT2D eigenvalue weighted by molar-refractivity contribution is 7.98. The molecule has 3 amide bonds. The normalized spacial score (nSPS) is 11.3. The third kappa shape index (κ3) is 8.91. The molecular formula is C17H27N5O2S2. The van der Waals surface area contributed by atoms with Crippen LogP contribution in [0.25, 0.3) is 0 Å². The molecule has 1 rings (SSSR count). The number of hydrogen-bond donors (Lipinski definition) is 5. The van der Waals surface area contributed by atoms with Crippen molar-refractivity contribution in [1.29, 1.82) is 0 Å². The lowest BCUT2D eigenvalue weighted by Crippen LogP contribution is -2.54. The molecule has 1 aromatic rings. The SMILES string of the molecule is CCCCc1ccc(NC(=S)NNC(=O)[C@H](CCSC)NC(N)=O)cc1. The number of hydrogen-bond acceptors (Lipinski definition) is 4. The van der Waals surface area contributed by atoms with Gasteiger partial charge in [-0.15, -0.1) is 0 Å². The van der Waals surface area contributed by atoms with Gasteiger partial charge in [-0.2, -0.15) is 11.8 Å². The van der Waals surface area contributed by atoms with Crippen molar-refractivity contribution in [3.63, 3.8) is 0 Å². The summed E-state index contributed by atoms with van der Waals surface area (Å²) in [5, 5.41) is 5.67. The Labute approximate surface area is 164 Å². The lowest BCUT2D eigenvalue weighted by molar-refractivity contribution is -0.123. The van der Waals surface area contributed by atoms with E-state index in [1.807, 2.05) is 18.4 Å². The van der Waals surface area contributed by atoms with E-state index in [1.165, 1.54) is 5.56 Å². The summed E-state index contributed by atoms with van der Waals surface area (Å²) in [7, 11) is 0. The summed E-state index contributed by atoms with van der Waals surface area (Å²) < 4.78 is 0. The lowest BCUT2D eigenvalue weighted by Gasteiger charge is -2.18. The number of nitrogens with two attached hydrogens (primary N) is 1. The fourth-order valence-corrected chi connectivity index (χ4v) is 2.82. The van der Waals surface area contributed by atoms with Gasteiger partial charge in [-0.25, -0.2) is 4.79 Å². The zero-order valence-corrected chi connectivity index (χ0v) is 16.8. The Hall–Kier alpha value is -2.00. The number of carbonyl (C=O) groups excluding carboxylic acids is 2. The number of thiocarbonyl (C=S) groups is 1. The Morgan fingerprint density at radius 2 is 1.92 bits per heavy atom. The van der Waals surface area contributed by atoms with Gasteiger partial charge in [0.25, 0.3) is 5.91 Å². The van der Waals surface area contributed by atoms with Crippen molar-refractivity contribution < 1.29 is 9.59 Å². The maximum atomic E-state index is 12.1. The van der Waals surface area contributed by atoms with E-state index >= 15 is 0 Å².